The molecule has 9 nitrogen and oxygen atoms in total. The van der Waals surface area contributed by atoms with Crippen LogP contribution in [0.1, 0.15) is 5.56 Å². The van der Waals surface area contributed by atoms with Crippen molar-refractivity contribution < 1.29 is 40.7 Å². The summed E-state index contributed by atoms with van der Waals surface area (Å²) in [4.78, 5) is 33.7. The van der Waals surface area contributed by atoms with Crippen LogP contribution in [0.15, 0.2) is 84.1 Å². The molecule has 0 saturated carbocycles. The number of nitrogens with one attached hydrogen (secondary N) is 1. The molecule has 1 saturated heterocycles. The number of halogens is 6. The van der Waals surface area contributed by atoms with Crippen LogP contribution >= 0.6 is 11.8 Å². The van der Waals surface area contributed by atoms with Gasteiger partial charge in [-0.3, -0.25) is 9.69 Å². The lowest BCUT2D eigenvalue weighted by molar-refractivity contribution is -0.274. The largest absolute Gasteiger partial charge is 0.573 e. The number of rotatable bonds is 5. The number of benzene rings is 3. The highest BCUT2D eigenvalue weighted by Gasteiger charge is 2.39. The molecule has 0 radical (unpaired) electrons. The van der Waals surface area contributed by atoms with E-state index >= 15 is 0 Å². The maximum atomic E-state index is 13.5. The van der Waals surface area contributed by atoms with Crippen molar-refractivity contribution in [3.05, 3.63) is 84.7 Å². The van der Waals surface area contributed by atoms with Gasteiger partial charge in [-0.1, -0.05) is 23.9 Å². The monoisotopic (exact) mass is 606 g/mol. The second kappa shape index (κ2) is 11.2. The van der Waals surface area contributed by atoms with Crippen LogP contribution in [0.2, 0.25) is 0 Å². The Morgan fingerprint density at radius 1 is 0.952 bits per heavy atom. The van der Waals surface area contributed by atoms with Crippen molar-refractivity contribution in [1.29, 1.82) is 0 Å². The summed E-state index contributed by atoms with van der Waals surface area (Å²) in [5.74, 6) is -0.932. The number of aliphatic imine (C=N–C) groups is 1. The summed E-state index contributed by atoms with van der Waals surface area (Å²) < 4.78 is 82.8. The number of hydrogen-bond donors (Lipinski definition) is 1. The van der Waals surface area contributed by atoms with E-state index in [4.69, 9.17) is 0 Å². The number of aromatic nitrogens is 3. The van der Waals surface area contributed by atoms with E-state index in [2.05, 4.69) is 25.1 Å². The first kappa shape index (κ1) is 28.7. The molecule has 3 amide bonds. The number of para-hydroxylation sites is 1. The molecule has 1 N–H and O–H groups in total. The summed E-state index contributed by atoms with van der Waals surface area (Å²) in [5.41, 5.74) is -0.186. The minimum absolute atomic E-state index is 0.182. The highest BCUT2D eigenvalue weighted by molar-refractivity contribution is 8.15. The maximum absolute atomic E-state index is 13.5. The van der Waals surface area contributed by atoms with Crippen molar-refractivity contribution in [3.63, 3.8) is 0 Å². The molecule has 0 spiro atoms. The number of ether oxygens (including phenoxy) is 1. The molecule has 1 aromatic heterocycles. The first-order valence-electron chi connectivity index (χ1n) is 11.8. The number of hydrogen-bond acceptors (Lipinski definition) is 6. The van der Waals surface area contributed by atoms with E-state index in [0.29, 0.717) is 16.9 Å². The lowest BCUT2D eigenvalue weighted by Crippen LogP contribution is -2.32. The second-order valence-corrected chi connectivity index (χ2v) is 9.43. The number of urea groups is 1. The Morgan fingerprint density at radius 3 is 2.31 bits per heavy atom. The summed E-state index contributed by atoms with van der Waals surface area (Å²) in [7, 11) is 0. The molecule has 1 aliphatic rings. The van der Waals surface area contributed by atoms with E-state index in [1.807, 2.05) is 0 Å². The standard InChI is InChI=1S/C26H16F6N6O3S/c27-25(28,29)19-3-1-2-4-20(19)38-21(39)13-42-24(38)35-23(40)34-16-7-5-15(6-8-16)22-33-14-37(36-22)17-9-11-18(12-10-17)41-26(30,31)32/h1-12,14H,13H2,(H,34,40). The zero-order valence-corrected chi connectivity index (χ0v) is 21.7. The highest BCUT2D eigenvalue weighted by atomic mass is 32.2. The van der Waals surface area contributed by atoms with Crippen molar-refractivity contribution >= 4 is 40.2 Å². The summed E-state index contributed by atoms with van der Waals surface area (Å²) in [5, 5.41) is 6.59. The fourth-order valence-corrected chi connectivity index (χ4v) is 4.71. The molecule has 0 unspecified atom stereocenters. The fraction of sp³-hybridized carbons (Fsp3) is 0.115. The summed E-state index contributed by atoms with van der Waals surface area (Å²) in [6, 6.07) is 14.8. The van der Waals surface area contributed by atoms with E-state index in [0.717, 1.165) is 40.9 Å². The molecule has 0 bridgehead atoms. The van der Waals surface area contributed by atoms with Crippen LogP contribution in [-0.4, -0.2) is 44.0 Å². The minimum Gasteiger partial charge on any atom is -0.406 e. The second-order valence-electron chi connectivity index (χ2n) is 8.49. The zero-order chi connectivity index (χ0) is 30.1. The van der Waals surface area contributed by atoms with Crippen LogP contribution < -0.4 is 15.0 Å². The van der Waals surface area contributed by atoms with Gasteiger partial charge in [-0.2, -0.15) is 18.2 Å². The van der Waals surface area contributed by atoms with Gasteiger partial charge >= 0.3 is 18.6 Å². The number of anilines is 2. The molecule has 4 aromatic rings. The zero-order valence-electron chi connectivity index (χ0n) is 20.8. The van der Waals surface area contributed by atoms with Crippen LogP contribution in [0, 0.1) is 0 Å². The van der Waals surface area contributed by atoms with Gasteiger partial charge in [0.05, 0.1) is 22.7 Å². The fourth-order valence-electron chi connectivity index (χ4n) is 3.85. The molecular weight excluding hydrogens is 590 g/mol. The first-order chi connectivity index (χ1) is 19.9. The Bertz CT molecular complexity index is 1650. The SMILES string of the molecule is O=C(N=C1SCC(=O)N1c1ccccc1C(F)(F)F)Nc1ccc(-c2ncn(-c3ccc(OC(F)(F)F)cc3)n2)cc1. The Hall–Kier alpha value is -4.86. The topological polar surface area (TPSA) is 102 Å². The van der Waals surface area contributed by atoms with Gasteiger partial charge in [0.2, 0.25) is 5.91 Å². The van der Waals surface area contributed by atoms with Gasteiger partial charge in [-0.15, -0.1) is 18.3 Å². The number of nitrogens with zero attached hydrogens (tertiary/aromatic N) is 5. The summed E-state index contributed by atoms with van der Waals surface area (Å²) in [6.07, 6.45) is -8.16. The van der Waals surface area contributed by atoms with Gasteiger partial charge in [-0.05, 0) is 60.7 Å². The third-order valence-electron chi connectivity index (χ3n) is 5.63. The van der Waals surface area contributed by atoms with Gasteiger partial charge in [0, 0.05) is 11.3 Å². The Balaban J connectivity index is 1.27. The molecular formula is C26H16F6N6O3S. The lowest BCUT2D eigenvalue weighted by atomic mass is 10.1. The molecule has 1 aliphatic heterocycles. The van der Waals surface area contributed by atoms with Crippen LogP contribution in [0.5, 0.6) is 5.75 Å². The first-order valence-corrected chi connectivity index (χ1v) is 12.8. The molecule has 5 rings (SSSR count). The van der Waals surface area contributed by atoms with E-state index in [9.17, 15) is 35.9 Å². The van der Waals surface area contributed by atoms with Crippen LogP contribution in [0.25, 0.3) is 17.1 Å². The maximum Gasteiger partial charge on any atom is 0.573 e. The van der Waals surface area contributed by atoms with Crippen LogP contribution in [0.4, 0.5) is 42.5 Å². The minimum atomic E-state index is -4.81. The predicted octanol–water partition coefficient (Wildman–Crippen LogP) is 6.52. The van der Waals surface area contributed by atoms with Gasteiger partial charge in [-0.25, -0.2) is 14.5 Å². The summed E-state index contributed by atoms with van der Waals surface area (Å²) in [6.45, 7) is 0. The quantitative estimate of drug-likeness (QED) is 0.260. The smallest absolute Gasteiger partial charge is 0.406 e. The van der Waals surface area contributed by atoms with Crippen molar-refractivity contribution in [2.24, 2.45) is 4.99 Å². The Kier molecular flexibility index (Phi) is 7.64. The molecule has 2 heterocycles. The van der Waals surface area contributed by atoms with Crippen LogP contribution in [0.3, 0.4) is 0 Å². The third kappa shape index (κ3) is 6.54. The molecule has 3 aromatic carbocycles. The van der Waals surface area contributed by atoms with E-state index in [1.165, 1.54) is 47.4 Å². The van der Waals surface area contributed by atoms with E-state index < -0.39 is 35.7 Å². The van der Waals surface area contributed by atoms with Crippen molar-refractivity contribution in [2.45, 2.75) is 12.5 Å². The molecule has 16 heteroatoms. The number of thioether (sulfide) groups is 1. The predicted molar refractivity (Wildman–Crippen MR) is 141 cm³/mol. The Morgan fingerprint density at radius 2 is 1.64 bits per heavy atom. The van der Waals surface area contributed by atoms with Gasteiger partial charge < -0.3 is 10.1 Å². The Labute approximate surface area is 236 Å². The number of carbonyl (C=O) groups excluding carboxylic acids is 2. The van der Waals surface area contributed by atoms with Crippen molar-refractivity contribution in [1.82, 2.24) is 14.8 Å². The number of amides is 3. The molecule has 216 valence electrons. The number of alkyl halides is 6. The van der Waals surface area contributed by atoms with Crippen molar-refractivity contribution in [3.8, 4) is 22.8 Å². The number of amidine groups is 1. The van der Waals surface area contributed by atoms with Crippen LogP contribution in [-0.2, 0) is 11.0 Å². The lowest BCUT2D eigenvalue weighted by Gasteiger charge is -2.20. The number of carbonyl (C=O) groups is 2. The molecule has 0 aliphatic carbocycles. The molecule has 1 fully saturated rings. The molecule has 42 heavy (non-hydrogen) atoms. The van der Waals surface area contributed by atoms with Gasteiger partial charge in [0.1, 0.15) is 12.1 Å². The highest BCUT2D eigenvalue weighted by Crippen LogP contribution is 2.39. The van der Waals surface area contributed by atoms with Gasteiger partial charge in [0.15, 0.2) is 11.0 Å². The normalized spacial score (nSPS) is 14.9. The van der Waals surface area contributed by atoms with Gasteiger partial charge in [0.25, 0.3) is 0 Å². The average Bonchev–Trinajstić information content (AvgIpc) is 3.55. The summed E-state index contributed by atoms with van der Waals surface area (Å²) >= 11 is 0.837. The van der Waals surface area contributed by atoms with E-state index in [1.54, 1.807) is 12.1 Å². The van der Waals surface area contributed by atoms with E-state index in [-0.39, 0.29) is 22.5 Å². The van der Waals surface area contributed by atoms with Crippen molar-refractivity contribution in [2.75, 3.05) is 16.0 Å². The average molecular weight is 607 g/mol. The third-order valence-corrected chi connectivity index (χ3v) is 6.56. The molecule has 0 atom stereocenters.